The first kappa shape index (κ1) is 26.0. The Morgan fingerprint density at radius 2 is 1.91 bits per heavy atom. The first-order valence-electron chi connectivity index (χ1n) is 8.44. The predicted octanol–water partition coefficient (Wildman–Crippen LogP) is -0.968. The van der Waals surface area contributed by atoms with Crippen LogP contribution >= 0.6 is 23.5 Å². The number of alkyl halides is 1. The Kier molecular flexibility index (Phi) is 6.76. The van der Waals surface area contributed by atoms with Crippen molar-refractivity contribution in [1.82, 2.24) is 19.5 Å². The molecule has 0 spiro atoms. The fourth-order valence-electron chi connectivity index (χ4n) is 2.94. The van der Waals surface area contributed by atoms with Crippen molar-refractivity contribution < 1.29 is 60.6 Å². The van der Waals surface area contributed by atoms with E-state index in [2.05, 4.69) is 28.1 Å². The van der Waals surface area contributed by atoms with Gasteiger partial charge in [-0.15, -0.1) is 0 Å². The monoisotopic (exact) mass is 539 g/mol. The Bertz CT molecular complexity index is 1260. The Hall–Kier alpha value is -1.59. The van der Waals surface area contributed by atoms with E-state index in [9.17, 15) is 32.9 Å². The molecule has 0 bridgehead atoms. The van der Waals surface area contributed by atoms with Gasteiger partial charge in [-0.3, -0.25) is 18.9 Å². The first-order valence-corrected chi connectivity index (χ1v) is 13.0. The number of aliphatic hydroxyl groups is 1. The topological polar surface area (TPSA) is 279 Å². The van der Waals surface area contributed by atoms with Gasteiger partial charge in [0.2, 0.25) is 5.95 Å². The maximum atomic E-state index is 14.9. The van der Waals surface area contributed by atoms with Gasteiger partial charge in [0, 0.05) is 0 Å². The van der Waals surface area contributed by atoms with Crippen LogP contribution in [0, 0.1) is 0 Å². The van der Waals surface area contributed by atoms with Crippen molar-refractivity contribution in [3.63, 3.8) is 0 Å². The molecule has 1 fully saturated rings. The van der Waals surface area contributed by atoms with Gasteiger partial charge in [0.15, 0.2) is 23.6 Å². The third-order valence-corrected chi connectivity index (χ3v) is 8.01. The quantitative estimate of drug-likeness (QED) is 0.199. The number of hydrogen-bond donors (Lipinski definition) is 7. The van der Waals surface area contributed by atoms with Crippen LogP contribution in [0.2, 0.25) is 0 Å². The molecule has 1 saturated heterocycles. The van der Waals surface area contributed by atoms with Crippen LogP contribution in [-0.2, 0) is 31.6 Å². The molecule has 2 aromatic rings. The maximum absolute atomic E-state index is 14.9. The van der Waals surface area contributed by atoms with Gasteiger partial charge in [-0.2, -0.15) is 13.6 Å². The number of nitrogens with one attached hydrogen (secondary N) is 1. The Labute approximate surface area is 181 Å². The Morgan fingerprint density at radius 1 is 1.27 bits per heavy atom. The number of anilines is 1. The minimum Gasteiger partial charge on any atom is -0.382 e. The minimum absolute atomic E-state index is 0.178. The molecule has 22 heteroatoms. The summed E-state index contributed by atoms with van der Waals surface area (Å²) in [6.07, 6.45) is -4.68. The number of halogens is 1. The van der Waals surface area contributed by atoms with Crippen LogP contribution < -0.4 is 11.3 Å². The zero-order valence-corrected chi connectivity index (χ0v) is 18.8. The number of fused-ring (bicyclic) bond motifs is 1. The number of nitrogen functional groups attached to an aromatic ring is 1. The van der Waals surface area contributed by atoms with Gasteiger partial charge < -0.3 is 35.2 Å². The molecule has 18 nitrogen and oxygen atoms in total. The van der Waals surface area contributed by atoms with Crippen molar-refractivity contribution in [2.24, 2.45) is 0 Å². The summed E-state index contributed by atoms with van der Waals surface area (Å²) in [5, 5.41) is 10.6. The molecule has 3 heterocycles. The highest BCUT2D eigenvalue weighted by molar-refractivity contribution is 7.66. The second kappa shape index (κ2) is 8.57. The Morgan fingerprint density at radius 3 is 2.52 bits per heavy atom. The van der Waals surface area contributed by atoms with Gasteiger partial charge in [-0.05, 0) is 6.92 Å². The van der Waals surface area contributed by atoms with E-state index in [4.69, 9.17) is 25.2 Å². The lowest BCUT2D eigenvalue weighted by Crippen LogP contribution is -2.41. The summed E-state index contributed by atoms with van der Waals surface area (Å²) in [4.78, 5) is 57.4. The molecule has 0 saturated carbocycles. The Balaban J connectivity index is 1.78. The van der Waals surface area contributed by atoms with Crippen LogP contribution in [0.5, 0.6) is 0 Å². The average molecular weight is 539 g/mol. The molecule has 8 N–H and O–H groups in total. The lowest BCUT2D eigenvalue weighted by atomic mass is 9.98. The number of nitrogens with zero attached hydrogens (tertiary/aromatic N) is 3. The van der Waals surface area contributed by atoms with Gasteiger partial charge in [0.05, 0.1) is 12.9 Å². The summed E-state index contributed by atoms with van der Waals surface area (Å²) in [5.74, 6) is -0.312. The number of rotatable bonds is 8. The van der Waals surface area contributed by atoms with E-state index in [1.165, 1.54) is 0 Å². The van der Waals surface area contributed by atoms with E-state index in [0.29, 0.717) is 0 Å². The number of aromatic nitrogens is 4. The van der Waals surface area contributed by atoms with Crippen molar-refractivity contribution in [1.29, 1.82) is 0 Å². The van der Waals surface area contributed by atoms with Crippen molar-refractivity contribution in [3.05, 3.63) is 16.7 Å². The largest absolute Gasteiger partial charge is 0.490 e. The lowest BCUT2D eigenvalue weighted by molar-refractivity contribution is -0.0888. The molecule has 0 amide bonds. The van der Waals surface area contributed by atoms with Gasteiger partial charge in [0.25, 0.3) is 5.56 Å². The smallest absolute Gasteiger partial charge is 0.382 e. The lowest BCUT2D eigenvalue weighted by Gasteiger charge is -2.26. The minimum atomic E-state index is -5.78. The van der Waals surface area contributed by atoms with E-state index in [-0.39, 0.29) is 17.1 Å². The van der Waals surface area contributed by atoms with Crippen molar-refractivity contribution in [3.8, 4) is 0 Å². The molecule has 1 aliphatic heterocycles. The molecule has 6 atom stereocenters. The van der Waals surface area contributed by atoms with Crippen LogP contribution in [0.3, 0.4) is 0 Å². The van der Waals surface area contributed by atoms with Crippen LogP contribution in [0.15, 0.2) is 11.1 Å². The van der Waals surface area contributed by atoms with E-state index in [1.807, 2.05) is 0 Å². The number of phosphoric ester groups is 1. The maximum Gasteiger partial charge on any atom is 0.490 e. The van der Waals surface area contributed by atoms with E-state index in [1.54, 1.807) is 0 Å². The number of H-pyrrole nitrogens is 1. The summed E-state index contributed by atoms with van der Waals surface area (Å²) in [5.41, 5.74) is 2.02. The number of hydrogen-bond acceptors (Lipinski definition) is 12. The highest BCUT2D eigenvalue weighted by Gasteiger charge is 2.55. The van der Waals surface area contributed by atoms with Crippen molar-refractivity contribution >= 4 is 40.6 Å². The van der Waals surface area contributed by atoms with Crippen LogP contribution in [-0.4, -0.2) is 68.7 Å². The number of aromatic amines is 1. The standard InChI is InChI=1S/C11H17FN5O13P3/c1-11(19)6(12)4(2-27-32(23,24)30-33(25,26)29-31(20,21)22)28-9(11)17-3-14-5-7(17)15-10(13)16-8(5)18/h3-4,6,9,19H,2H2,1H3,(H,23,24)(H,25,26)(H2,20,21,22)(H3,13,15,16,18)/t4-,6?,9-,11?/m1/s1. The summed E-state index contributed by atoms with van der Waals surface area (Å²) in [7, 11) is -16.9. The zero-order chi connectivity index (χ0) is 25.0. The molecule has 1 aliphatic rings. The fourth-order valence-corrected chi connectivity index (χ4v) is 5.97. The second-order valence-electron chi connectivity index (χ2n) is 6.82. The molecule has 0 radical (unpaired) electrons. The SMILES string of the molecule is CC1(O)C(F)[C@@H](COP(=O)(O)OP(=O)(O)OP(=O)(O)O)O[C@H]1n1cnc2c(=O)[nH]c(N)nc21. The average Bonchev–Trinajstić information content (AvgIpc) is 3.10. The van der Waals surface area contributed by atoms with Crippen LogP contribution in [0.25, 0.3) is 11.2 Å². The highest BCUT2D eigenvalue weighted by atomic mass is 31.3. The molecule has 33 heavy (non-hydrogen) atoms. The zero-order valence-electron chi connectivity index (χ0n) is 16.2. The summed E-state index contributed by atoms with van der Waals surface area (Å²) in [6, 6.07) is 0. The first-order chi connectivity index (χ1) is 14.9. The van der Waals surface area contributed by atoms with E-state index < -0.39 is 59.7 Å². The van der Waals surface area contributed by atoms with Gasteiger partial charge in [-0.25, -0.2) is 23.1 Å². The normalized spacial score (nSPS) is 29.7. The molecule has 2 aromatic heterocycles. The third-order valence-electron chi connectivity index (χ3n) is 4.21. The molecular weight excluding hydrogens is 522 g/mol. The van der Waals surface area contributed by atoms with Crippen molar-refractivity contribution in [2.45, 2.75) is 31.0 Å². The van der Waals surface area contributed by atoms with Crippen LogP contribution in [0.4, 0.5) is 10.3 Å². The fraction of sp³-hybridized carbons (Fsp3) is 0.545. The predicted molar refractivity (Wildman–Crippen MR) is 102 cm³/mol. The molecule has 0 aromatic carbocycles. The number of ether oxygens (including phenoxy) is 1. The number of nitrogens with two attached hydrogens (primary N) is 1. The number of imidazole rings is 1. The van der Waals surface area contributed by atoms with Crippen molar-refractivity contribution in [2.75, 3.05) is 12.3 Å². The van der Waals surface area contributed by atoms with E-state index >= 15 is 0 Å². The van der Waals surface area contributed by atoms with Gasteiger partial charge >= 0.3 is 23.5 Å². The third kappa shape index (κ3) is 5.74. The molecular formula is C11H17FN5O13P3. The van der Waals surface area contributed by atoms with Gasteiger partial charge in [-0.1, -0.05) is 0 Å². The molecule has 186 valence electrons. The highest BCUT2D eigenvalue weighted by Crippen LogP contribution is 2.66. The summed E-state index contributed by atoms with van der Waals surface area (Å²) >= 11 is 0. The van der Waals surface area contributed by atoms with E-state index in [0.717, 1.165) is 17.8 Å². The molecule has 4 unspecified atom stereocenters. The van der Waals surface area contributed by atoms with Gasteiger partial charge in [0.1, 0.15) is 11.7 Å². The summed E-state index contributed by atoms with van der Waals surface area (Å²) < 4.78 is 66.4. The second-order valence-corrected chi connectivity index (χ2v) is 11.2. The summed E-state index contributed by atoms with van der Waals surface area (Å²) in [6.45, 7) is -0.157. The van der Waals surface area contributed by atoms with Crippen LogP contribution in [0.1, 0.15) is 13.2 Å². The number of phosphoric acid groups is 3. The molecule has 3 rings (SSSR count). The molecule has 0 aliphatic carbocycles.